The third-order valence-corrected chi connectivity index (χ3v) is 3.60. The van der Waals surface area contributed by atoms with Crippen molar-refractivity contribution in [2.75, 3.05) is 36.8 Å². The molecule has 90 valence electrons. The van der Waals surface area contributed by atoms with E-state index in [2.05, 4.69) is 15.2 Å². The van der Waals surface area contributed by atoms with E-state index in [1.54, 1.807) is 0 Å². The van der Waals surface area contributed by atoms with Crippen LogP contribution in [0, 0.1) is 0 Å². The minimum atomic E-state index is -1.48. The molecule has 0 aliphatic heterocycles. The predicted molar refractivity (Wildman–Crippen MR) is 83.7 cm³/mol. The molecule has 0 radical (unpaired) electrons. The van der Waals surface area contributed by atoms with Gasteiger partial charge in [0.15, 0.2) is 0 Å². The van der Waals surface area contributed by atoms with Crippen molar-refractivity contribution in [3.63, 3.8) is 0 Å². The van der Waals surface area contributed by atoms with Gasteiger partial charge in [0.05, 0.1) is 0 Å². The third-order valence-electron chi connectivity index (χ3n) is 1.52. The van der Waals surface area contributed by atoms with Gasteiger partial charge in [-0.1, -0.05) is 29.7 Å². The topological polar surface area (TPSA) is 37.0 Å². The van der Waals surface area contributed by atoms with Crippen molar-refractivity contribution in [2.24, 2.45) is 0 Å². The minimum absolute atomic E-state index is 0.821. The van der Waals surface area contributed by atoms with E-state index in [1.165, 1.54) is 0 Å². The van der Waals surface area contributed by atoms with E-state index in [0.717, 1.165) is 11.6 Å². The Balaban J connectivity index is 2.88. The number of rotatable bonds is 4. The fraction of sp³-hybridized carbons (Fsp3) is 0.444. The van der Waals surface area contributed by atoms with Gasteiger partial charge in [0, 0.05) is 12.4 Å². The van der Waals surface area contributed by atoms with Crippen LogP contribution in [0.3, 0.4) is 0 Å². The summed E-state index contributed by atoms with van der Waals surface area (Å²) in [6.45, 7) is 8.14. The molecule has 0 unspecified atom stereocenters. The Morgan fingerprint density at radius 1 is 0.938 bits per heavy atom. The molecule has 1 aromatic rings. The number of nitrogens with zero attached hydrogens (tertiary/aromatic N) is 1. The van der Waals surface area contributed by atoms with Crippen molar-refractivity contribution in [1.82, 2.24) is 4.98 Å². The molecule has 0 aliphatic carbocycles. The largest absolute Gasteiger partial charge is 0.342 e. The monoisotopic (exact) mass is 293 g/mol. The van der Waals surface area contributed by atoms with Gasteiger partial charge in [-0.3, -0.25) is 0 Å². The minimum Gasteiger partial charge on any atom is -0.342 e. The summed E-state index contributed by atoms with van der Waals surface area (Å²) in [6, 6.07) is 5.80. The summed E-state index contributed by atoms with van der Waals surface area (Å²) >= 11 is 10.7. The highest BCUT2D eigenvalue weighted by Gasteiger charge is 2.06. The summed E-state index contributed by atoms with van der Waals surface area (Å²) in [5.74, 6) is 1.64. The van der Waals surface area contributed by atoms with Crippen LogP contribution in [0.4, 0.5) is 11.6 Å². The van der Waals surface area contributed by atoms with E-state index < -0.39 is 12.4 Å². The second-order valence-corrected chi connectivity index (χ2v) is 15.7. The Hall–Kier alpha value is 0.0500. The highest BCUT2D eigenvalue weighted by molar-refractivity contribution is 8.15. The fourth-order valence-corrected chi connectivity index (χ4v) is 3.02. The van der Waals surface area contributed by atoms with Crippen LogP contribution >= 0.6 is 12.4 Å². The van der Waals surface area contributed by atoms with Crippen LogP contribution in [0.1, 0.15) is 0 Å². The van der Waals surface area contributed by atoms with E-state index in [1.807, 2.05) is 44.9 Å². The first-order valence-corrected chi connectivity index (χ1v) is 12.2. The fourth-order valence-electron chi connectivity index (χ4n) is 1.11. The molecule has 1 aromatic heterocycles. The van der Waals surface area contributed by atoms with Crippen molar-refractivity contribution in [2.45, 2.75) is 0 Å². The van der Waals surface area contributed by atoms with Gasteiger partial charge < -0.3 is 10.2 Å². The van der Waals surface area contributed by atoms with Crippen molar-refractivity contribution >= 4 is 47.6 Å². The molecule has 16 heavy (non-hydrogen) atoms. The van der Waals surface area contributed by atoms with Crippen molar-refractivity contribution in [3.8, 4) is 0 Å². The maximum absolute atomic E-state index is 5.35. The Labute approximate surface area is 108 Å². The van der Waals surface area contributed by atoms with Gasteiger partial charge in [0.2, 0.25) is 0 Å². The van der Waals surface area contributed by atoms with Gasteiger partial charge in [0.1, 0.15) is 11.6 Å². The highest BCUT2D eigenvalue weighted by atomic mass is 32.4. The molecular formula is C9H17N3P2S2. The van der Waals surface area contributed by atoms with Crippen LogP contribution in [-0.2, 0) is 23.6 Å². The smallest absolute Gasteiger partial charge is 0.132 e. The zero-order valence-corrected chi connectivity index (χ0v) is 13.3. The molecule has 1 rings (SSSR count). The number of hydrogen-bond donors (Lipinski definition) is 2. The Morgan fingerprint density at radius 2 is 1.31 bits per heavy atom. The molecule has 0 fully saturated rings. The lowest BCUT2D eigenvalue weighted by Gasteiger charge is -2.17. The summed E-state index contributed by atoms with van der Waals surface area (Å²) in [7, 11) is 0. The molecule has 0 spiro atoms. The number of anilines is 2. The van der Waals surface area contributed by atoms with Crippen LogP contribution in [-0.4, -0.2) is 31.6 Å². The average molecular weight is 293 g/mol. The molecule has 1 heterocycles. The number of aromatic nitrogens is 1. The van der Waals surface area contributed by atoms with Gasteiger partial charge in [-0.2, -0.15) is 0 Å². The third kappa shape index (κ3) is 5.95. The lowest BCUT2D eigenvalue weighted by atomic mass is 10.4. The molecule has 0 saturated carbocycles. The summed E-state index contributed by atoms with van der Waals surface area (Å²) in [6.07, 6.45) is -2.97. The first kappa shape index (κ1) is 14.1. The average Bonchev–Trinajstić information content (AvgIpc) is 1.96. The molecule has 0 aliphatic rings. The first-order valence-electron chi connectivity index (χ1n) is 4.79. The molecule has 0 atom stereocenters. The summed E-state index contributed by atoms with van der Waals surface area (Å²) in [5, 5.41) is 6.52. The van der Waals surface area contributed by atoms with Crippen LogP contribution in [0.15, 0.2) is 18.2 Å². The zero-order chi connectivity index (χ0) is 12.4. The Bertz CT molecular complexity index is 424. The molecule has 2 N–H and O–H groups in total. The SMILES string of the molecule is CP(C)(=S)Nc1cccc(NP(C)(C)=S)n1. The van der Waals surface area contributed by atoms with Crippen LogP contribution in [0.2, 0.25) is 0 Å². The van der Waals surface area contributed by atoms with Gasteiger partial charge in [0.25, 0.3) is 0 Å². The summed E-state index contributed by atoms with van der Waals surface area (Å²) < 4.78 is 0. The second-order valence-electron chi connectivity index (χ2n) is 4.33. The van der Waals surface area contributed by atoms with Crippen LogP contribution in [0.5, 0.6) is 0 Å². The van der Waals surface area contributed by atoms with Crippen molar-refractivity contribution in [1.29, 1.82) is 0 Å². The predicted octanol–water partition coefficient (Wildman–Crippen LogP) is 3.21. The number of hydrogen-bond acceptors (Lipinski definition) is 3. The quantitative estimate of drug-likeness (QED) is 0.834. The van der Waals surface area contributed by atoms with Gasteiger partial charge in [-0.25, -0.2) is 4.98 Å². The van der Waals surface area contributed by atoms with E-state index in [0.29, 0.717) is 0 Å². The van der Waals surface area contributed by atoms with Crippen LogP contribution < -0.4 is 10.2 Å². The van der Waals surface area contributed by atoms with E-state index in [4.69, 9.17) is 23.6 Å². The number of pyridine rings is 1. The second kappa shape index (κ2) is 5.14. The van der Waals surface area contributed by atoms with E-state index in [-0.39, 0.29) is 0 Å². The number of nitrogens with one attached hydrogen (secondary N) is 2. The van der Waals surface area contributed by atoms with Gasteiger partial charge in [-0.15, -0.1) is 0 Å². The van der Waals surface area contributed by atoms with Crippen molar-refractivity contribution < 1.29 is 0 Å². The maximum atomic E-state index is 5.35. The van der Waals surface area contributed by atoms with Crippen LogP contribution in [0.25, 0.3) is 0 Å². The lowest BCUT2D eigenvalue weighted by molar-refractivity contribution is 1.34. The normalized spacial score (nSPS) is 12.2. The van der Waals surface area contributed by atoms with Crippen molar-refractivity contribution in [3.05, 3.63) is 18.2 Å². The van der Waals surface area contributed by atoms with E-state index in [9.17, 15) is 0 Å². The molecular weight excluding hydrogens is 276 g/mol. The molecule has 0 bridgehead atoms. The van der Waals surface area contributed by atoms with Gasteiger partial charge in [-0.05, 0) is 38.8 Å². The first-order chi connectivity index (χ1) is 7.16. The van der Waals surface area contributed by atoms with E-state index >= 15 is 0 Å². The molecule has 0 aromatic carbocycles. The van der Waals surface area contributed by atoms with Gasteiger partial charge >= 0.3 is 0 Å². The highest BCUT2D eigenvalue weighted by Crippen LogP contribution is 2.38. The summed E-state index contributed by atoms with van der Waals surface area (Å²) in [4.78, 5) is 4.44. The molecule has 0 saturated heterocycles. The molecule has 0 amide bonds. The molecule has 3 nitrogen and oxygen atoms in total. The zero-order valence-electron chi connectivity index (χ0n) is 9.89. The Morgan fingerprint density at radius 3 is 1.62 bits per heavy atom. The Kier molecular flexibility index (Phi) is 4.53. The standard InChI is InChI=1S/C9H17N3P2S2/c1-13(2,15)11-8-6-5-7-9(10-8)12-14(3,4)16/h5-7H,1-4H3,(H2,10,11,12,15,16). The maximum Gasteiger partial charge on any atom is 0.132 e. The summed E-state index contributed by atoms with van der Waals surface area (Å²) in [5.41, 5.74) is 0. The lowest BCUT2D eigenvalue weighted by Crippen LogP contribution is -2.00. The molecule has 7 heteroatoms.